The summed E-state index contributed by atoms with van der Waals surface area (Å²) >= 11 is 0. The Balaban J connectivity index is 1.76. The van der Waals surface area contributed by atoms with Gasteiger partial charge in [0.25, 0.3) is 0 Å². The molecule has 1 fully saturated rings. The number of amides is 1. The van der Waals surface area contributed by atoms with Crippen molar-refractivity contribution in [2.45, 2.75) is 38.1 Å². The maximum Gasteiger partial charge on any atom is 0.228 e. The van der Waals surface area contributed by atoms with Gasteiger partial charge >= 0.3 is 0 Å². The molecule has 5 rings (SSSR count). The lowest BCUT2D eigenvalue weighted by Crippen LogP contribution is -2.06. The predicted octanol–water partition coefficient (Wildman–Crippen LogP) is 4.31. The summed E-state index contributed by atoms with van der Waals surface area (Å²) in [4.78, 5) is 15.9. The van der Waals surface area contributed by atoms with Gasteiger partial charge in [-0.2, -0.15) is 0 Å². The van der Waals surface area contributed by atoms with Crippen LogP contribution in [0.2, 0.25) is 0 Å². The molecular formula is C20H19N3O. The van der Waals surface area contributed by atoms with Crippen LogP contribution in [-0.2, 0) is 11.2 Å². The van der Waals surface area contributed by atoms with Gasteiger partial charge < -0.3 is 9.88 Å². The summed E-state index contributed by atoms with van der Waals surface area (Å²) in [7, 11) is 0. The maximum atomic E-state index is 11.7. The first kappa shape index (κ1) is 13.8. The third-order valence-electron chi connectivity index (χ3n) is 5.35. The van der Waals surface area contributed by atoms with Gasteiger partial charge in [-0.3, -0.25) is 9.78 Å². The third kappa shape index (κ3) is 2.06. The molecule has 120 valence electrons. The molecule has 24 heavy (non-hydrogen) atoms. The van der Waals surface area contributed by atoms with E-state index < -0.39 is 0 Å². The molecule has 4 nitrogen and oxygen atoms in total. The topological polar surface area (TPSA) is 46.9 Å². The first-order chi connectivity index (χ1) is 11.8. The molecule has 2 aromatic heterocycles. The van der Waals surface area contributed by atoms with Crippen molar-refractivity contribution in [3.63, 3.8) is 0 Å². The highest BCUT2D eigenvalue weighted by Crippen LogP contribution is 2.40. The van der Waals surface area contributed by atoms with E-state index in [1.54, 1.807) is 0 Å². The summed E-state index contributed by atoms with van der Waals surface area (Å²) in [6, 6.07) is 11.3. The van der Waals surface area contributed by atoms with E-state index in [2.05, 4.69) is 45.2 Å². The number of nitrogens with one attached hydrogen (secondary N) is 1. The highest BCUT2D eigenvalue weighted by molar-refractivity contribution is 6.03. The minimum absolute atomic E-state index is 0.0967. The summed E-state index contributed by atoms with van der Waals surface area (Å²) in [6.45, 7) is 0. The molecular weight excluding hydrogens is 298 g/mol. The summed E-state index contributed by atoms with van der Waals surface area (Å²) in [6.07, 6.45) is 9.24. The molecule has 0 spiro atoms. The van der Waals surface area contributed by atoms with E-state index in [4.69, 9.17) is 0 Å². The Morgan fingerprint density at radius 3 is 2.67 bits per heavy atom. The Morgan fingerprint density at radius 1 is 1.08 bits per heavy atom. The van der Waals surface area contributed by atoms with E-state index in [-0.39, 0.29) is 5.91 Å². The SMILES string of the molecule is O=C1Cc2cc3cc(-c4ccncc4)n(C4CCCC4)c3cc2N1. The second kappa shape index (κ2) is 5.20. The lowest BCUT2D eigenvalue weighted by molar-refractivity contribution is -0.115. The van der Waals surface area contributed by atoms with Gasteiger partial charge in [-0.05, 0) is 48.7 Å². The molecule has 0 saturated heterocycles. The fourth-order valence-electron chi connectivity index (χ4n) is 4.25. The van der Waals surface area contributed by atoms with E-state index in [9.17, 15) is 4.79 Å². The van der Waals surface area contributed by atoms with Gasteiger partial charge in [0, 0.05) is 40.8 Å². The molecule has 1 aliphatic heterocycles. The number of pyridine rings is 1. The van der Waals surface area contributed by atoms with Gasteiger partial charge in [0.1, 0.15) is 0 Å². The Hall–Kier alpha value is -2.62. The van der Waals surface area contributed by atoms with Crippen LogP contribution in [0.25, 0.3) is 22.2 Å². The molecule has 0 atom stereocenters. The van der Waals surface area contributed by atoms with Crippen LogP contribution in [0.1, 0.15) is 37.3 Å². The van der Waals surface area contributed by atoms with Gasteiger partial charge in [-0.15, -0.1) is 0 Å². The number of hydrogen-bond donors (Lipinski definition) is 1. The number of carbonyl (C=O) groups excluding carboxylic acids is 1. The molecule has 3 aromatic rings. The molecule has 0 radical (unpaired) electrons. The monoisotopic (exact) mass is 317 g/mol. The van der Waals surface area contributed by atoms with Crippen LogP contribution < -0.4 is 5.32 Å². The van der Waals surface area contributed by atoms with Gasteiger partial charge in [-0.1, -0.05) is 12.8 Å². The predicted molar refractivity (Wildman–Crippen MR) is 95.0 cm³/mol. The van der Waals surface area contributed by atoms with Crippen molar-refractivity contribution in [3.8, 4) is 11.3 Å². The molecule has 1 amide bonds. The van der Waals surface area contributed by atoms with Crippen molar-refractivity contribution in [1.82, 2.24) is 9.55 Å². The van der Waals surface area contributed by atoms with Crippen molar-refractivity contribution >= 4 is 22.5 Å². The van der Waals surface area contributed by atoms with Crippen LogP contribution in [0.3, 0.4) is 0 Å². The quantitative estimate of drug-likeness (QED) is 0.765. The smallest absolute Gasteiger partial charge is 0.228 e. The number of fused-ring (bicyclic) bond motifs is 2. The van der Waals surface area contributed by atoms with Crippen molar-refractivity contribution in [2.75, 3.05) is 5.32 Å². The lowest BCUT2D eigenvalue weighted by Gasteiger charge is -2.18. The van der Waals surface area contributed by atoms with Gasteiger partial charge in [0.15, 0.2) is 0 Å². The van der Waals surface area contributed by atoms with Crippen LogP contribution in [-0.4, -0.2) is 15.5 Å². The van der Waals surface area contributed by atoms with E-state index in [0.29, 0.717) is 12.5 Å². The number of rotatable bonds is 2. The zero-order valence-corrected chi connectivity index (χ0v) is 13.5. The highest BCUT2D eigenvalue weighted by atomic mass is 16.1. The Morgan fingerprint density at radius 2 is 1.88 bits per heavy atom. The second-order valence-electron chi connectivity index (χ2n) is 6.87. The molecule has 1 aromatic carbocycles. The molecule has 1 saturated carbocycles. The van der Waals surface area contributed by atoms with E-state index in [1.165, 1.54) is 47.8 Å². The Bertz CT molecular complexity index is 936. The molecule has 2 aliphatic rings. The standard InChI is InChI=1S/C20H19N3O/c24-20-11-14-9-15-10-18(13-5-7-21-8-6-13)23(16-3-1-2-4-16)19(15)12-17(14)22-20/h5-10,12,16H,1-4,11H2,(H,22,24). The highest BCUT2D eigenvalue weighted by Gasteiger charge is 2.25. The fourth-order valence-corrected chi connectivity index (χ4v) is 4.25. The first-order valence-electron chi connectivity index (χ1n) is 8.68. The van der Waals surface area contributed by atoms with Crippen molar-refractivity contribution < 1.29 is 4.79 Å². The van der Waals surface area contributed by atoms with E-state index >= 15 is 0 Å². The molecule has 3 heterocycles. The van der Waals surface area contributed by atoms with E-state index in [1.807, 2.05) is 12.4 Å². The number of carbonyl (C=O) groups is 1. The first-order valence-corrected chi connectivity index (χ1v) is 8.68. The average Bonchev–Trinajstić information content (AvgIpc) is 3.29. The minimum Gasteiger partial charge on any atom is -0.337 e. The van der Waals surface area contributed by atoms with Gasteiger partial charge in [-0.25, -0.2) is 0 Å². The largest absolute Gasteiger partial charge is 0.337 e. The number of anilines is 1. The molecule has 4 heteroatoms. The van der Waals surface area contributed by atoms with Crippen LogP contribution in [0, 0.1) is 0 Å². The normalized spacial score (nSPS) is 17.4. The Labute approximate surface area is 140 Å². The fraction of sp³-hybridized carbons (Fsp3) is 0.300. The van der Waals surface area contributed by atoms with Gasteiger partial charge in [0.2, 0.25) is 5.91 Å². The zero-order valence-electron chi connectivity index (χ0n) is 13.5. The third-order valence-corrected chi connectivity index (χ3v) is 5.35. The minimum atomic E-state index is 0.0967. The van der Waals surface area contributed by atoms with Crippen LogP contribution in [0.5, 0.6) is 0 Å². The summed E-state index contributed by atoms with van der Waals surface area (Å²) in [5.41, 5.74) is 5.78. The molecule has 1 aliphatic carbocycles. The van der Waals surface area contributed by atoms with Gasteiger partial charge in [0.05, 0.1) is 11.9 Å². The number of nitrogens with zero attached hydrogens (tertiary/aromatic N) is 2. The van der Waals surface area contributed by atoms with Crippen molar-refractivity contribution in [1.29, 1.82) is 0 Å². The number of benzene rings is 1. The summed E-state index contributed by atoms with van der Waals surface area (Å²) < 4.78 is 2.49. The molecule has 0 bridgehead atoms. The molecule has 0 unspecified atom stereocenters. The van der Waals surface area contributed by atoms with Crippen LogP contribution >= 0.6 is 0 Å². The van der Waals surface area contributed by atoms with Crippen LogP contribution in [0.15, 0.2) is 42.7 Å². The Kier molecular flexibility index (Phi) is 2.98. The summed E-state index contributed by atoms with van der Waals surface area (Å²) in [5, 5.41) is 4.22. The zero-order chi connectivity index (χ0) is 16.1. The number of aromatic nitrogens is 2. The molecule has 1 N–H and O–H groups in total. The summed E-state index contributed by atoms with van der Waals surface area (Å²) in [5.74, 6) is 0.0967. The van der Waals surface area contributed by atoms with Crippen molar-refractivity contribution in [3.05, 3.63) is 48.3 Å². The van der Waals surface area contributed by atoms with Crippen molar-refractivity contribution in [2.24, 2.45) is 0 Å². The van der Waals surface area contributed by atoms with Crippen LogP contribution in [0.4, 0.5) is 5.69 Å². The maximum absolute atomic E-state index is 11.7. The average molecular weight is 317 g/mol. The lowest BCUT2D eigenvalue weighted by atomic mass is 10.1. The number of hydrogen-bond acceptors (Lipinski definition) is 2. The second-order valence-corrected chi connectivity index (χ2v) is 6.87. The van der Waals surface area contributed by atoms with E-state index in [0.717, 1.165) is 11.3 Å².